The molecule has 2 aromatic carbocycles. The number of nitrogens with zero attached hydrogens (tertiary/aromatic N) is 4. The Morgan fingerprint density at radius 2 is 1.57 bits per heavy atom. The van der Waals surface area contributed by atoms with E-state index < -0.39 is 11.7 Å². The predicted octanol–water partition coefficient (Wildman–Crippen LogP) is 5.38. The summed E-state index contributed by atoms with van der Waals surface area (Å²) >= 11 is 0. The average molecular weight is 478 g/mol. The first kappa shape index (κ1) is 22.6. The van der Waals surface area contributed by atoms with Crippen LogP contribution in [0.1, 0.15) is 16.1 Å². The third-order valence-corrected chi connectivity index (χ3v) is 5.90. The second kappa shape index (κ2) is 9.25. The number of carbonyl (C=O) groups is 1. The number of amides is 1. The van der Waals surface area contributed by atoms with Crippen molar-refractivity contribution >= 4 is 11.6 Å². The summed E-state index contributed by atoms with van der Waals surface area (Å²) in [7, 11) is 0. The SMILES string of the molecule is O=C(c1nc(-c2ccccc2)oc1-c1ccncc1)N1CCN(c2cccc(C(F)(F)F)c2)CC1. The van der Waals surface area contributed by atoms with Crippen molar-refractivity contribution in [3.05, 3.63) is 90.4 Å². The lowest BCUT2D eigenvalue weighted by Crippen LogP contribution is -2.49. The maximum Gasteiger partial charge on any atom is 0.416 e. The van der Waals surface area contributed by atoms with E-state index in [0.29, 0.717) is 49.1 Å². The first-order chi connectivity index (χ1) is 16.9. The summed E-state index contributed by atoms with van der Waals surface area (Å²) in [5.41, 5.74) is 1.42. The molecule has 1 fully saturated rings. The van der Waals surface area contributed by atoms with Crippen LogP contribution in [0.5, 0.6) is 0 Å². The number of pyridine rings is 1. The quantitative estimate of drug-likeness (QED) is 0.394. The molecule has 2 aromatic heterocycles. The van der Waals surface area contributed by atoms with Gasteiger partial charge < -0.3 is 14.2 Å². The summed E-state index contributed by atoms with van der Waals surface area (Å²) < 4.78 is 45.3. The summed E-state index contributed by atoms with van der Waals surface area (Å²) in [5.74, 6) is 0.409. The third kappa shape index (κ3) is 4.75. The van der Waals surface area contributed by atoms with E-state index in [9.17, 15) is 18.0 Å². The number of benzene rings is 2. The Kier molecular flexibility index (Phi) is 5.98. The minimum absolute atomic E-state index is 0.197. The molecule has 0 N–H and O–H groups in total. The van der Waals surface area contributed by atoms with E-state index in [-0.39, 0.29) is 11.6 Å². The molecule has 1 aliphatic heterocycles. The number of halogens is 3. The van der Waals surface area contributed by atoms with Gasteiger partial charge in [-0.3, -0.25) is 9.78 Å². The van der Waals surface area contributed by atoms with Crippen LogP contribution in [0.3, 0.4) is 0 Å². The van der Waals surface area contributed by atoms with Crippen molar-refractivity contribution in [2.45, 2.75) is 6.18 Å². The fourth-order valence-electron chi connectivity index (χ4n) is 4.06. The van der Waals surface area contributed by atoms with Crippen LogP contribution in [0, 0.1) is 0 Å². The summed E-state index contributed by atoms with van der Waals surface area (Å²) in [4.78, 5) is 25.5. The monoisotopic (exact) mass is 478 g/mol. The lowest BCUT2D eigenvalue weighted by atomic mass is 10.1. The van der Waals surface area contributed by atoms with Crippen LogP contribution in [0.15, 0.2) is 83.5 Å². The Bertz CT molecular complexity index is 1320. The molecule has 5 rings (SSSR count). The number of hydrogen-bond donors (Lipinski definition) is 0. The molecule has 178 valence electrons. The third-order valence-electron chi connectivity index (χ3n) is 5.90. The van der Waals surface area contributed by atoms with Crippen LogP contribution < -0.4 is 4.90 Å². The van der Waals surface area contributed by atoms with E-state index in [0.717, 1.165) is 17.7 Å². The van der Waals surface area contributed by atoms with E-state index in [1.54, 1.807) is 35.5 Å². The Morgan fingerprint density at radius 3 is 2.26 bits per heavy atom. The standard InChI is InChI=1S/C26H21F3N4O2/c27-26(28,29)20-7-4-8-21(17-20)32-13-15-33(16-14-32)25(34)22-23(18-9-11-30-12-10-18)35-24(31-22)19-5-2-1-3-6-19/h1-12,17H,13-16H2. The van der Waals surface area contributed by atoms with Gasteiger partial charge in [0.15, 0.2) is 11.5 Å². The summed E-state index contributed by atoms with van der Waals surface area (Å²) in [6, 6.07) is 18.0. The van der Waals surface area contributed by atoms with Crippen molar-refractivity contribution in [1.82, 2.24) is 14.9 Å². The molecule has 6 nitrogen and oxygen atoms in total. The van der Waals surface area contributed by atoms with Gasteiger partial charge in [-0.05, 0) is 42.5 Å². The summed E-state index contributed by atoms with van der Waals surface area (Å²) in [6.07, 6.45) is -1.18. The minimum atomic E-state index is -4.40. The van der Waals surface area contributed by atoms with Gasteiger partial charge in [0.2, 0.25) is 5.89 Å². The smallest absolute Gasteiger partial charge is 0.416 e. The fourth-order valence-corrected chi connectivity index (χ4v) is 4.06. The zero-order valence-corrected chi connectivity index (χ0v) is 18.6. The predicted molar refractivity (Wildman–Crippen MR) is 125 cm³/mol. The number of aromatic nitrogens is 2. The minimum Gasteiger partial charge on any atom is -0.435 e. The zero-order chi connectivity index (χ0) is 24.4. The molecule has 0 spiro atoms. The van der Waals surface area contributed by atoms with Gasteiger partial charge in [-0.15, -0.1) is 0 Å². The van der Waals surface area contributed by atoms with Crippen LogP contribution in [0.25, 0.3) is 22.8 Å². The summed E-state index contributed by atoms with van der Waals surface area (Å²) in [6.45, 7) is 1.50. The maximum absolute atomic E-state index is 13.5. The van der Waals surface area contributed by atoms with E-state index in [4.69, 9.17) is 4.42 Å². The van der Waals surface area contributed by atoms with Crippen LogP contribution in [0.2, 0.25) is 0 Å². The van der Waals surface area contributed by atoms with E-state index in [2.05, 4.69) is 9.97 Å². The van der Waals surface area contributed by atoms with Crippen LogP contribution >= 0.6 is 0 Å². The van der Waals surface area contributed by atoms with E-state index in [1.807, 2.05) is 35.2 Å². The molecule has 9 heteroatoms. The summed E-state index contributed by atoms with van der Waals surface area (Å²) in [5, 5.41) is 0. The van der Waals surface area contributed by atoms with Crippen molar-refractivity contribution in [3.8, 4) is 22.8 Å². The molecule has 3 heterocycles. The second-order valence-corrected chi connectivity index (χ2v) is 8.13. The topological polar surface area (TPSA) is 62.5 Å². The normalized spacial score (nSPS) is 14.3. The lowest BCUT2D eigenvalue weighted by Gasteiger charge is -2.36. The molecule has 0 aliphatic carbocycles. The van der Waals surface area contributed by atoms with E-state index >= 15 is 0 Å². The average Bonchev–Trinajstić information content (AvgIpc) is 3.35. The Balaban J connectivity index is 1.38. The molecule has 0 atom stereocenters. The van der Waals surface area contributed by atoms with Gasteiger partial charge in [0, 0.05) is 55.4 Å². The van der Waals surface area contributed by atoms with Crippen LogP contribution in [-0.4, -0.2) is 47.0 Å². The van der Waals surface area contributed by atoms with Crippen LogP contribution in [0.4, 0.5) is 18.9 Å². The number of alkyl halides is 3. The van der Waals surface area contributed by atoms with Gasteiger partial charge in [-0.1, -0.05) is 24.3 Å². The molecule has 1 saturated heterocycles. The number of rotatable bonds is 4. The Morgan fingerprint density at radius 1 is 0.857 bits per heavy atom. The van der Waals surface area contributed by atoms with Crippen molar-refractivity contribution in [3.63, 3.8) is 0 Å². The number of carbonyl (C=O) groups excluding carboxylic acids is 1. The van der Waals surface area contributed by atoms with Crippen molar-refractivity contribution in [2.75, 3.05) is 31.1 Å². The van der Waals surface area contributed by atoms with Gasteiger partial charge in [0.1, 0.15) is 0 Å². The first-order valence-electron chi connectivity index (χ1n) is 11.1. The molecule has 0 saturated carbocycles. The molecule has 0 radical (unpaired) electrons. The first-order valence-corrected chi connectivity index (χ1v) is 11.1. The van der Waals surface area contributed by atoms with Crippen molar-refractivity contribution < 1.29 is 22.4 Å². The van der Waals surface area contributed by atoms with Gasteiger partial charge in [-0.2, -0.15) is 13.2 Å². The number of anilines is 1. The molecule has 1 aliphatic rings. The van der Waals surface area contributed by atoms with Crippen molar-refractivity contribution in [2.24, 2.45) is 0 Å². The molecular formula is C26H21F3N4O2. The number of oxazole rings is 1. The molecule has 1 amide bonds. The van der Waals surface area contributed by atoms with Gasteiger partial charge in [0.25, 0.3) is 5.91 Å². The highest BCUT2D eigenvalue weighted by molar-refractivity contribution is 5.98. The van der Waals surface area contributed by atoms with Gasteiger partial charge in [0.05, 0.1) is 5.56 Å². The van der Waals surface area contributed by atoms with E-state index in [1.165, 1.54) is 6.07 Å². The number of hydrogen-bond acceptors (Lipinski definition) is 5. The maximum atomic E-state index is 13.5. The molecule has 0 bridgehead atoms. The highest BCUT2D eigenvalue weighted by Crippen LogP contribution is 2.33. The fraction of sp³-hybridized carbons (Fsp3) is 0.192. The Hall–Kier alpha value is -4.14. The molecule has 35 heavy (non-hydrogen) atoms. The molecular weight excluding hydrogens is 457 g/mol. The highest BCUT2D eigenvalue weighted by atomic mass is 19.4. The largest absolute Gasteiger partial charge is 0.435 e. The van der Waals surface area contributed by atoms with Gasteiger partial charge in [-0.25, -0.2) is 4.98 Å². The molecule has 0 unspecified atom stereocenters. The van der Waals surface area contributed by atoms with Crippen LogP contribution in [-0.2, 0) is 6.18 Å². The number of piperazine rings is 1. The molecule has 4 aromatic rings. The zero-order valence-electron chi connectivity index (χ0n) is 18.6. The second-order valence-electron chi connectivity index (χ2n) is 8.13. The van der Waals surface area contributed by atoms with Crippen molar-refractivity contribution in [1.29, 1.82) is 0 Å². The Labute approximate surface area is 199 Å². The highest BCUT2D eigenvalue weighted by Gasteiger charge is 2.32. The lowest BCUT2D eigenvalue weighted by molar-refractivity contribution is -0.137. The van der Waals surface area contributed by atoms with Gasteiger partial charge >= 0.3 is 6.18 Å².